The van der Waals surface area contributed by atoms with Crippen molar-refractivity contribution in [2.75, 3.05) is 6.61 Å². The molecule has 17 heavy (non-hydrogen) atoms. The number of benzene rings is 1. The molecule has 1 aromatic rings. The van der Waals surface area contributed by atoms with Gasteiger partial charge in [-0.1, -0.05) is 31.9 Å². The van der Waals surface area contributed by atoms with E-state index in [2.05, 4.69) is 31.9 Å². The maximum absolute atomic E-state index is 11.9. The first-order valence-electron chi connectivity index (χ1n) is 4.96. The minimum Gasteiger partial charge on any atom is -0.494 e. The Labute approximate surface area is 115 Å². The van der Waals surface area contributed by atoms with E-state index in [-0.39, 0.29) is 13.0 Å². The van der Waals surface area contributed by atoms with Crippen LogP contribution in [0.5, 0.6) is 5.75 Å². The molecule has 0 spiro atoms. The standard InChI is InChI=1S/C11H11Br2F3O/c12-7-8-6-9(2-3-10(8)13)17-5-1-4-11(14,15)16/h2-3,6H,1,4-5,7H2. The predicted octanol–water partition coefficient (Wildman–Crippen LogP) is 5.07. The van der Waals surface area contributed by atoms with Gasteiger partial charge in [0.1, 0.15) is 5.75 Å². The summed E-state index contributed by atoms with van der Waals surface area (Å²) in [5, 5.41) is 0.660. The van der Waals surface area contributed by atoms with Crippen LogP contribution in [0.3, 0.4) is 0 Å². The van der Waals surface area contributed by atoms with Crippen molar-refractivity contribution < 1.29 is 17.9 Å². The molecule has 0 aliphatic carbocycles. The Bertz CT molecular complexity index is 366. The molecule has 1 aromatic carbocycles. The summed E-state index contributed by atoms with van der Waals surface area (Å²) in [6.45, 7) is 0.0723. The Morgan fingerprint density at radius 3 is 2.53 bits per heavy atom. The lowest BCUT2D eigenvalue weighted by atomic mass is 10.2. The lowest BCUT2D eigenvalue weighted by molar-refractivity contribution is -0.136. The predicted molar refractivity (Wildman–Crippen MR) is 67.6 cm³/mol. The van der Waals surface area contributed by atoms with Gasteiger partial charge in [0.15, 0.2) is 0 Å². The topological polar surface area (TPSA) is 9.23 Å². The Morgan fingerprint density at radius 1 is 1.24 bits per heavy atom. The van der Waals surface area contributed by atoms with E-state index in [4.69, 9.17) is 4.74 Å². The summed E-state index contributed by atoms with van der Waals surface area (Å²) >= 11 is 6.68. The molecule has 6 heteroatoms. The van der Waals surface area contributed by atoms with Crippen molar-refractivity contribution in [2.45, 2.75) is 24.3 Å². The van der Waals surface area contributed by atoms with Crippen LogP contribution in [0.4, 0.5) is 13.2 Å². The van der Waals surface area contributed by atoms with E-state index in [1.807, 2.05) is 6.07 Å². The zero-order valence-electron chi connectivity index (χ0n) is 8.86. The van der Waals surface area contributed by atoms with Gasteiger partial charge in [0.25, 0.3) is 0 Å². The Morgan fingerprint density at radius 2 is 1.94 bits per heavy atom. The van der Waals surface area contributed by atoms with Crippen molar-refractivity contribution in [3.8, 4) is 5.75 Å². The van der Waals surface area contributed by atoms with Crippen molar-refractivity contribution in [2.24, 2.45) is 0 Å². The molecule has 0 heterocycles. The van der Waals surface area contributed by atoms with Gasteiger partial charge in [0.05, 0.1) is 6.61 Å². The molecule has 1 rings (SSSR count). The fourth-order valence-corrected chi connectivity index (χ4v) is 2.43. The normalized spacial score (nSPS) is 11.6. The second-order valence-electron chi connectivity index (χ2n) is 3.45. The van der Waals surface area contributed by atoms with Gasteiger partial charge in [-0.25, -0.2) is 0 Å². The Balaban J connectivity index is 2.42. The summed E-state index contributed by atoms with van der Waals surface area (Å²) in [6, 6.07) is 5.34. The molecule has 0 radical (unpaired) electrons. The molecule has 0 aliphatic rings. The number of hydrogen-bond acceptors (Lipinski definition) is 1. The molecule has 0 unspecified atom stereocenters. The van der Waals surface area contributed by atoms with E-state index in [0.717, 1.165) is 10.0 Å². The summed E-state index contributed by atoms with van der Waals surface area (Å²) in [6.07, 6.45) is -4.94. The summed E-state index contributed by atoms with van der Waals surface area (Å²) < 4.78 is 41.9. The van der Waals surface area contributed by atoms with Gasteiger partial charge < -0.3 is 4.74 Å². The molecule has 0 saturated heterocycles. The fourth-order valence-electron chi connectivity index (χ4n) is 1.21. The average molecular weight is 376 g/mol. The zero-order chi connectivity index (χ0) is 12.9. The molecule has 0 fully saturated rings. The summed E-state index contributed by atoms with van der Waals surface area (Å²) in [5.41, 5.74) is 0.998. The first-order chi connectivity index (χ1) is 7.92. The van der Waals surface area contributed by atoms with E-state index >= 15 is 0 Å². The van der Waals surface area contributed by atoms with E-state index < -0.39 is 12.6 Å². The molecule has 0 N–H and O–H groups in total. The highest BCUT2D eigenvalue weighted by Gasteiger charge is 2.26. The van der Waals surface area contributed by atoms with Gasteiger partial charge in [0.2, 0.25) is 0 Å². The van der Waals surface area contributed by atoms with Crippen molar-refractivity contribution in [3.63, 3.8) is 0 Å². The van der Waals surface area contributed by atoms with Crippen molar-refractivity contribution in [3.05, 3.63) is 28.2 Å². The lowest BCUT2D eigenvalue weighted by Gasteiger charge is -2.09. The molecule has 0 atom stereocenters. The number of rotatable bonds is 5. The van der Waals surface area contributed by atoms with Gasteiger partial charge >= 0.3 is 6.18 Å². The molecule has 0 bridgehead atoms. The molecule has 96 valence electrons. The van der Waals surface area contributed by atoms with Crippen molar-refractivity contribution in [1.82, 2.24) is 0 Å². The Kier molecular flexibility index (Phi) is 5.79. The van der Waals surface area contributed by atoms with Gasteiger partial charge in [0, 0.05) is 16.2 Å². The second kappa shape index (κ2) is 6.64. The van der Waals surface area contributed by atoms with Gasteiger partial charge in [-0.05, 0) is 30.2 Å². The smallest absolute Gasteiger partial charge is 0.389 e. The minimum atomic E-state index is -4.11. The third-order valence-electron chi connectivity index (χ3n) is 2.03. The van der Waals surface area contributed by atoms with Crippen LogP contribution in [0.2, 0.25) is 0 Å². The molecule has 0 aliphatic heterocycles. The lowest BCUT2D eigenvalue weighted by Crippen LogP contribution is -2.09. The van der Waals surface area contributed by atoms with Crippen LogP contribution in [0, 0.1) is 0 Å². The summed E-state index contributed by atoms with van der Waals surface area (Å²) in [7, 11) is 0. The number of alkyl halides is 4. The van der Waals surface area contributed by atoms with Crippen LogP contribution in [0.25, 0.3) is 0 Å². The van der Waals surface area contributed by atoms with E-state index in [1.54, 1.807) is 12.1 Å². The maximum atomic E-state index is 11.9. The molecular formula is C11H11Br2F3O. The van der Waals surface area contributed by atoms with E-state index in [9.17, 15) is 13.2 Å². The first-order valence-corrected chi connectivity index (χ1v) is 6.88. The second-order valence-corrected chi connectivity index (χ2v) is 4.87. The third kappa shape index (κ3) is 5.77. The largest absolute Gasteiger partial charge is 0.494 e. The SMILES string of the molecule is FC(F)(F)CCCOc1ccc(Br)c(CBr)c1. The van der Waals surface area contributed by atoms with Crippen LogP contribution in [-0.4, -0.2) is 12.8 Å². The van der Waals surface area contributed by atoms with Crippen LogP contribution in [0.1, 0.15) is 18.4 Å². The van der Waals surface area contributed by atoms with Crippen LogP contribution >= 0.6 is 31.9 Å². The first kappa shape index (κ1) is 14.8. The highest BCUT2D eigenvalue weighted by Crippen LogP contribution is 2.25. The molecular weight excluding hydrogens is 365 g/mol. The molecule has 1 nitrogen and oxygen atoms in total. The molecule has 0 amide bonds. The molecule has 0 saturated carbocycles. The van der Waals surface area contributed by atoms with E-state index in [0.29, 0.717) is 11.1 Å². The van der Waals surface area contributed by atoms with E-state index in [1.165, 1.54) is 0 Å². The highest BCUT2D eigenvalue weighted by molar-refractivity contribution is 9.10. The monoisotopic (exact) mass is 374 g/mol. The molecule has 0 aromatic heterocycles. The van der Waals surface area contributed by atoms with Crippen LogP contribution in [0.15, 0.2) is 22.7 Å². The van der Waals surface area contributed by atoms with Gasteiger partial charge in [-0.15, -0.1) is 0 Å². The summed E-state index contributed by atoms with van der Waals surface area (Å²) in [4.78, 5) is 0. The summed E-state index contributed by atoms with van der Waals surface area (Å²) in [5.74, 6) is 0.588. The maximum Gasteiger partial charge on any atom is 0.389 e. The number of ether oxygens (including phenoxy) is 1. The Hall–Kier alpha value is -0.230. The third-order valence-corrected chi connectivity index (χ3v) is 3.41. The van der Waals surface area contributed by atoms with Gasteiger partial charge in [-0.3, -0.25) is 0 Å². The quantitative estimate of drug-likeness (QED) is 0.516. The van der Waals surface area contributed by atoms with Crippen LogP contribution < -0.4 is 4.74 Å². The van der Waals surface area contributed by atoms with Gasteiger partial charge in [-0.2, -0.15) is 13.2 Å². The highest BCUT2D eigenvalue weighted by atomic mass is 79.9. The van der Waals surface area contributed by atoms with Crippen molar-refractivity contribution >= 4 is 31.9 Å². The van der Waals surface area contributed by atoms with Crippen LogP contribution in [-0.2, 0) is 5.33 Å². The average Bonchev–Trinajstić information content (AvgIpc) is 2.25. The number of halogens is 5. The van der Waals surface area contributed by atoms with Crippen molar-refractivity contribution in [1.29, 1.82) is 0 Å². The zero-order valence-corrected chi connectivity index (χ0v) is 12.0. The fraction of sp³-hybridized carbons (Fsp3) is 0.455. The minimum absolute atomic E-state index is 0.0246. The number of hydrogen-bond donors (Lipinski definition) is 0.